The topological polar surface area (TPSA) is 119 Å². The van der Waals surface area contributed by atoms with Crippen LogP contribution in [0.2, 0.25) is 0 Å². The fourth-order valence-corrected chi connectivity index (χ4v) is 4.11. The number of carbonyl (C=O) groups is 2. The number of esters is 1. The number of rotatable bonds is 9. The van der Waals surface area contributed by atoms with E-state index in [1.165, 1.54) is 38.3 Å². The highest BCUT2D eigenvalue weighted by Crippen LogP contribution is 2.21. The van der Waals surface area contributed by atoms with Crippen molar-refractivity contribution < 1.29 is 32.6 Å². The monoisotopic (exact) mass is 421 g/mol. The van der Waals surface area contributed by atoms with Crippen LogP contribution < -0.4 is 10.1 Å². The zero-order valence-corrected chi connectivity index (χ0v) is 16.9. The van der Waals surface area contributed by atoms with Crippen LogP contribution >= 0.6 is 0 Å². The molecule has 9 heteroatoms. The number of carbonyl (C=O) groups excluding carboxylic acids is 2. The molecule has 156 valence electrons. The summed E-state index contributed by atoms with van der Waals surface area (Å²) in [6.07, 6.45) is 0. The lowest BCUT2D eigenvalue weighted by molar-refractivity contribution is -0.162. The van der Waals surface area contributed by atoms with Gasteiger partial charge in [-0.1, -0.05) is 18.2 Å². The Balaban J connectivity index is 2.23. The van der Waals surface area contributed by atoms with Crippen molar-refractivity contribution in [2.45, 2.75) is 17.4 Å². The highest BCUT2D eigenvalue weighted by Gasteiger charge is 2.43. The highest BCUT2D eigenvalue weighted by atomic mass is 32.2. The van der Waals surface area contributed by atoms with Crippen LogP contribution in [0.25, 0.3) is 0 Å². The Morgan fingerprint density at radius 2 is 1.69 bits per heavy atom. The van der Waals surface area contributed by atoms with Gasteiger partial charge in [0, 0.05) is 5.56 Å². The van der Waals surface area contributed by atoms with Gasteiger partial charge in [-0.3, -0.25) is 4.79 Å². The zero-order chi connectivity index (χ0) is 21.5. The second kappa shape index (κ2) is 9.53. The number of hydrogen-bond acceptors (Lipinski definition) is 7. The fraction of sp³-hybridized carbons (Fsp3) is 0.300. The molecule has 2 rings (SSSR count). The standard InChI is InChI=1S/C20H23NO7S/c1-3-28-19(23)20(24,13-21-18(22)15-7-5-4-6-8-15)14-29(25,26)17-11-9-16(27-2)10-12-17/h4-12,24H,3,13-14H2,1-2H3,(H,21,22). The van der Waals surface area contributed by atoms with Crippen molar-refractivity contribution in [3.63, 3.8) is 0 Å². The molecule has 1 amide bonds. The summed E-state index contributed by atoms with van der Waals surface area (Å²) in [5.74, 6) is -2.19. The number of amides is 1. The normalized spacial score (nSPS) is 13.2. The van der Waals surface area contributed by atoms with Gasteiger partial charge in [-0.15, -0.1) is 0 Å². The second-order valence-electron chi connectivity index (χ2n) is 6.24. The first-order chi connectivity index (χ1) is 13.7. The molecule has 0 bridgehead atoms. The van der Waals surface area contributed by atoms with Crippen LogP contribution in [0.4, 0.5) is 0 Å². The Morgan fingerprint density at radius 1 is 1.07 bits per heavy atom. The van der Waals surface area contributed by atoms with Gasteiger partial charge < -0.3 is 19.9 Å². The molecule has 0 radical (unpaired) electrons. The van der Waals surface area contributed by atoms with Gasteiger partial charge in [0.1, 0.15) is 5.75 Å². The third-order valence-electron chi connectivity index (χ3n) is 4.08. The van der Waals surface area contributed by atoms with Crippen molar-refractivity contribution in [2.24, 2.45) is 0 Å². The summed E-state index contributed by atoms with van der Waals surface area (Å²) < 4.78 is 35.3. The van der Waals surface area contributed by atoms with Crippen molar-refractivity contribution >= 4 is 21.7 Å². The van der Waals surface area contributed by atoms with Gasteiger partial charge >= 0.3 is 5.97 Å². The van der Waals surface area contributed by atoms with E-state index in [-0.39, 0.29) is 11.5 Å². The first-order valence-electron chi connectivity index (χ1n) is 8.81. The van der Waals surface area contributed by atoms with E-state index in [4.69, 9.17) is 9.47 Å². The van der Waals surface area contributed by atoms with E-state index in [9.17, 15) is 23.1 Å². The molecule has 0 spiro atoms. The van der Waals surface area contributed by atoms with Crippen LogP contribution in [0, 0.1) is 0 Å². The molecule has 1 atom stereocenters. The Kier molecular flexibility index (Phi) is 7.35. The molecular weight excluding hydrogens is 398 g/mol. The first-order valence-corrected chi connectivity index (χ1v) is 10.5. The molecule has 0 saturated heterocycles. The summed E-state index contributed by atoms with van der Waals surface area (Å²) >= 11 is 0. The molecule has 2 N–H and O–H groups in total. The fourth-order valence-electron chi connectivity index (χ4n) is 2.55. The maximum Gasteiger partial charge on any atom is 0.341 e. The quantitative estimate of drug-likeness (QED) is 0.584. The zero-order valence-electron chi connectivity index (χ0n) is 16.1. The van der Waals surface area contributed by atoms with Crippen LogP contribution in [0.5, 0.6) is 5.75 Å². The van der Waals surface area contributed by atoms with Gasteiger partial charge in [0.25, 0.3) is 5.91 Å². The molecule has 2 aromatic carbocycles. The summed E-state index contributed by atoms with van der Waals surface area (Å²) in [6.45, 7) is 0.837. The van der Waals surface area contributed by atoms with Gasteiger partial charge in [0.2, 0.25) is 0 Å². The lowest BCUT2D eigenvalue weighted by atomic mass is 10.1. The molecular formula is C20H23NO7S. The van der Waals surface area contributed by atoms with Crippen molar-refractivity contribution in [1.29, 1.82) is 0 Å². The molecule has 29 heavy (non-hydrogen) atoms. The maximum atomic E-state index is 12.7. The Hall–Kier alpha value is -2.91. The lowest BCUT2D eigenvalue weighted by Gasteiger charge is -2.26. The van der Waals surface area contributed by atoms with E-state index >= 15 is 0 Å². The molecule has 0 aliphatic heterocycles. The molecule has 0 aliphatic rings. The van der Waals surface area contributed by atoms with Crippen molar-refractivity contribution in [3.8, 4) is 5.75 Å². The molecule has 0 aliphatic carbocycles. The van der Waals surface area contributed by atoms with Gasteiger partial charge in [0.15, 0.2) is 15.4 Å². The number of aliphatic hydroxyl groups is 1. The largest absolute Gasteiger partial charge is 0.497 e. The first kappa shape index (κ1) is 22.4. The Morgan fingerprint density at radius 3 is 2.24 bits per heavy atom. The number of nitrogens with one attached hydrogen (secondary N) is 1. The summed E-state index contributed by atoms with van der Waals surface area (Å²) in [5.41, 5.74) is -2.16. The van der Waals surface area contributed by atoms with Gasteiger partial charge in [0.05, 0.1) is 30.9 Å². The van der Waals surface area contributed by atoms with Crippen molar-refractivity contribution in [1.82, 2.24) is 5.32 Å². The number of sulfone groups is 1. The van der Waals surface area contributed by atoms with E-state index in [2.05, 4.69) is 5.32 Å². The average Bonchev–Trinajstić information content (AvgIpc) is 2.72. The van der Waals surface area contributed by atoms with Gasteiger partial charge in [-0.2, -0.15) is 0 Å². The van der Waals surface area contributed by atoms with Crippen LogP contribution in [0.15, 0.2) is 59.5 Å². The molecule has 2 aromatic rings. The van der Waals surface area contributed by atoms with E-state index in [0.29, 0.717) is 11.3 Å². The summed E-state index contributed by atoms with van der Waals surface area (Å²) in [5, 5.41) is 13.2. The van der Waals surface area contributed by atoms with E-state index in [1.807, 2.05) is 0 Å². The minimum absolute atomic E-state index is 0.0592. The second-order valence-corrected chi connectivity index (χ2v) is 8.22. The summed E-state index contributed by atoms with van der Waals surface area (Å²) in [6, 6.07) is 13.7. The summed E-state index contributed by atoms with van der Waals surface area (Å²) in [4.78, 5) is 24.5. The van der Waals surface area contributed by atoms with Crippen molar-refractivity contribution in [3.05, 3.63) is 60.2 Å². The molecule has 0 heterocycles. The van der Waals surface area contributed by atoms with Gasteiger partial charge in [-0.05, 0) is 43.3 Å². The third kappa shape index (κ3) is 5.78. The Bertz CT molecular complexity index is 943. The van der Waals surface area contributed by atoms with Crippen LogP contribution in [-0.2, 0) is 19.4 Å². The maximum absolute atomic E-state index is 12.7. The highest BCUT2D eigenvalue weighted by molar-refractivity contribution is 7.91. The van der Waals surface area contributed by atoms with E-state index in [0.717, 1.165) is 0 Å². The van der Waals surface area contributed by atoms with Crippen molar-refractivity contribution in [2.75, 3.05) is 26.0 Å². The molecule has 8 nitrogen and oxygen atoms in total. The molecule has 1 unspecified atom stereocenters. The smallest absolute Gasteiger partial charge is 0.341 e. The predicted molar refractivity (Wildman–Crippen MR) is 105 cm³/mol. The number of benzene rings is 2. The van der Waals surface area contributed by atoms with E-state index in [1.54, 1.807) is 30.3 Å². The minimum Gasteiger partial charge on any atom is -0.497 e. The van der Waals surface area contributed by atoms with Gasteiger partial charge in [-0.25, -0.2) is 13.2 Å². The van der Waals surface area contributed by atoms with Crippen LogP contribution in [0.1, 0.15) is 17.3 Å². The van der Waals surface area contributed by atoms with E-state index < -0.39 is 39.6 Å². The third-order valence-corrected chi connectivity index (χ3v) is 5.93. The average molecular weight is 421 g/mol. The van der Waals surface area contributed by atoms with Crippen LogP contribution in [0.3, 0.4) is 0 Å². The number of hydrogen-bond donors (Lipinski definition) is 2. The minimum atomic E-state index is -4.08. The lowest BCUT2D eigenvalue weighted by Crippen LogP contribution is -2.54. The predicted octanol–water partition coefficient (Wildman–Crippen LogP) is 1.19. The molecule has 0 fully saturated rings. The molecule has 0 aromatic heterocycles. The molecule has 0 saturated carbocycles. The number of ether oxygens (including phenoxy) is 2. The Labute approximate surface area is 169 Å². The SMILES string of the molecule is CCOC(=O)C(O)(CNC(=O)c1ccccc1)CS(=O)(=O)c1ccc(OC)cc1. The van der Waals surface area contributed by atoms with Crippen LogP contribution in [-0.4, -0.2) is 57.0 Å². The summed E-state index contributed by atoms with van der Waals surface area (Å²) in [7, 11) is -2.63. The number of methoxy groups -OCH3 is 1.